The molecular formula is C7H14NRe-. The molecule has 1 fully saturated rings. The van der Waals surface area contributed by atoms with E-state index < -0.39 is 0 Å². The van der Waals surface area contributed by atoms with Crippen molar-refractivity contribution in [3.63, 3.8) is 0 Å². The second kappa shape index (κ2) is 5.41. The van der Waals surface area contributed by atoms with Crippen molar-refractivity contribution in [2.45, 2.75) is 19.3 Å². The largest absolute Gasteiger partial charge is 0.343 e. The van der Waals surface area contributed by atoms with Crippen LogP contribution in [0.25, 0.3) is 0 Å². The Morgan fingerprint density at radius 2 is 1.89 bits per heavy atom. The maximum Gasteiger partial charge on any atom is 0 e. The van der Waals surface area contributed by atoms with E-state index in [1.165, 1.54) is 25.9 Å². The first-order valence-electron chi connectivity index (χ1n) is 3.43. The number of nitrogens with one attached hydrogen (secondary N) is 1. The summed E-state index contributed by atoms with van der Waals surface area (Å²) in [7, 11) is 0. The zero-order chi connectivity index (χ0) is 5.82. The average Bonchev–Trinajstić information content (AvgIpc) is 1.90. The summed E-state index contributed by atoms with van der Waals surface area (Å²) >= 11 is 0. The Morgan fingerprint density at radius 3 is 2.22 bits per heavy atom. The molecule has 0 spiro atoms. The van der Waals surface area contributed by atoms with Crippen molar-refractivity contribution in [3.05, 3.63) is 6.92 Å². The van der Waals surface area contributed by atoms with Crippen molar-refractivity contribution in [2.75, 3.05) is 13.1 Å². The van der Waals surface area contributed by atoms with E-state index in [2.05, 4.69) is 12.2 Å². The molecule has 1 heterocycles. The summed E-state index contributed by atoms with van der Waals surface area (Å²) in [5.74, 6) is 0.913. The molecule has 1 N–H and O–H groups in total. The Hall–Kier alpha value is 0.622. The van der Waals surface area contributed by atoms with E-state index in [1.54, 1.807) is 0 Å². The summed E-state index contributed by atoms with van der Waals surface area (Å²) in [5.41, 5.74) is 0. The Morgan fingerprint density at radius 1 is 1.33 bits per heavy atom. The number of rotatable bonds is 1. The van der Waals surface area contributed by atoms with Crippen LogP contribution in [0.3, 0.4) is 0 Å². The molecule has 0 aliphatic carbocycles. The van der Waals surface area contributed by atoms with Crippen LogP contribution in [0.2, 0.25) is 0 Å². The van der Waals surface area contributed by atoms with Crippen LogP contribution >= 0.6 is 0 Å². The molecule has 0 atom stereocenters. The predicted molar refractivity (Wildman–Crippen MR) is 35.6 cm³/mol. The molecule has 0 aromatic carbocycles. The van der Waals surface area contributed by atoms with Gasteiger partial charge >= 0.3 is 0 Å². The molecule has 0 unspecified atom stereocenters. The SMILES string of the molecule is [CH2-]CC1CCNCC1.[Re]. The molecule has 1 nitrogen and oxygen atoms in total. The monoisotopic (exact) mass is 299 g/mol. The molecule has 1 rings (SSSR count). The molecule has 1 radical (unpaired) electrons. The van der Waals surface area contributed by atoms with Crippen LogP contribution in [-0.2, 0) is 20.4 Å². The molecule has 2 heteroatoms. The fourth-order valence-electron chi connectivity index (χ4n) is 1.17. The normalized spacial score (nSPS) is 21.0. The summed E-state index contributed by atoms with van der Waals surface area (Å²) in [6, 6.07) is 0. The van der Waals surface area contributed by atoms with Crippen molar-refractivity contribution in [2.24, 2.45) is 5.92 Å². The molecule has 0 amide bonds. The Balaban J connectivity index is 0.000000640. The second-order valence-corrected chi connectivity index (χ2v) is 2.48. The van der Waals surface area contributed by atoms with Gasteiger partial charge in [0.15, 0.2) is 0 Å². The molecule has 0 aromatic heterocycles. The van der Waals surface area contributed by atoms with Crippen molar-refractivity contribution >= 4 is 0 Å². The molecule has 0 bridgehead atoms. The minimum atomic E-state index is 0. The molecular weight excluding hydrogens is 284 g/mol. The van der Waals surface area contributed by atoms with Crippen LogP contribution in [-0.4, -0.2) is 13.1 Å². The van der Waals surface area contributed by atoms with Gasteiger partial charge in [-0.05, 0) is 25.9 Å². The van der Waals surface area contributed by atoms with Gasteiger partial charge in [0.2, 0.25) is 0 Å². The van der Waals surface area contributed by atoms with Gasteiger partial charge in [-0.2, -0.15) is 6.42 Å². The van der Waals surface area contributed by atoms with Gasteiger partial charge in [0.05, 0.1) is 0 Å². The van der Waals surface area contributed by atoms with Crippen LogP contribution in [0.1, 0.15) is 19.3 Å². The summed E-state index contributed by atoms with van der Waals surface area (Å²) in [5, 5.41) is 3.32. The number of hydrogen-bond donors (Lipinski definition) is 1. The molecule has 9 heavy (non-hydrogen) atoms. The summed E-state index contributed by atoms with van der Waals surface area (Å²) < 4.78 is 0. The molecule has 0 aromatic rings. The van der Waals surface area contributed by atoms with Gasteiger partial charge in [-0.3, -0.25) is 0 Å². The summed E-state index contributed by atoms with van der Waals surface area (Å²) in [4.78, 5) is 0. The van der Waals surface area contributed by atoms with E-state index in [1.807, 2.05) is 0 Å². The minimum absolute atomic E-state index is 0. The van der Waals surface area contributed by atoms with Crippen molar-refractivity contribution in [3.8, 4) is 0 Å². The predicted octanol–water partition coefficient (Wildman–Crippen LogP) is 1.21. The molecule has 1 aliphatic heterocycles. The van der Waals surface area contributed by atoms with Gasteiger partial charge < -0.3 is 12.2 Å². The third-order valence-corrected chi connectivity index (χ3v) is 1.87. The maximum absolute atomic E-state index is 3.88. The molecule has 1 aliphatic rings. The van der Waals surface area contributed by atoms with Gasteiger partial charge in [0.1, 0.15) is 0 Å². The Kier molecular flexibility index (Phi) is 5.78. The maximum atomic E-state index is 3.88. The molecule has 0 saturated carbocycles. The number of hydrogen-bond acceptors (Lipinski definition) is 1. The molecule has 55 valence electrons. The van der Waals surface area contributed by atoms with Crippen LogP contribution in [0.15, 0.2) is 0 Å². The van der Waals surface area contributed by atoms with E-state index in [-0.39, 0.29) is 20.4 Å². The minimum Gasteiger partial charge on any atom is -0.343 e. The number of piperidine rings is 1. The standard InChI is InChI=1S/C7H14N.Re/c1-2-7-3-5-8-6-4-7;/h7-8H,1-6H2;/q-1;. The van der Waals surface area contributed by atoms with E-state index >= 15 is 0 Å². The van der Waals surface area contributed by atoms with Gasteiger partial charge in [-0.1, -0.05) is 5.92 Å². The topological polar surface area (TPSA) is 12.0 Å². The average molecular weight is 298 g/mol. The zero-order valence-electron chi connectivity index (χ0n) is 5.70. The third-order valence-electron chi connectivity index (χ3n) is 1.87. The van der Waals surface area contributed by atoms with Crippen molar-refractivity contribution in [1.82, 2.24) is 5.32 Å². The van der Waals surface area contributed by atoms with Gasteiger partial charge in [0, 0.05) is 20.4 Å². The first-order chi connectivity index (χ1) is 3.93. The quantitative estimate of drug-likeness (QED) is 0.718. The zero-order valence-corrected chi connectivity index (χ0v) is 8.41. The van der Waals surface area contributed by atoms with Crippen molar-refractivity contribution < 1.29 is 20.4 Å². The van der Waals surface area contributed by atoms with Crippen LogP contribution in [0.5, 0.6) is 0 Å². The van der Waals surface area contributed by atoms with Crippen LogP contribution in [0.4, 0.5) is 0 Å². The first-order valence-corrected chi connectivity index (χ1v) is 3.43. The van der Waals surface area contributed by atoms with E-state index in [9.17, 15) is 0 Å². The second-order valence-electron chi connectivity index (χ2n) is 2.48. The smallest absolute Gasteiger partial charge is 0 e. The first kappa shape index (κ1) is 9.62. The van der Waals surface area contributed by atoms with Gasteiger partial charge in [-0.25, -0.2) is 0 Å². The Labute approximate surface area is 71.3 Å². The van der Waals surface area contributed by atoms with E-state index in [0.29, 0.717) is 0 Å². The fourth-order valence-corrected chi connectivity index (χ4v) is 1.17. The summed E-state index contributed by atoms with van der Waals surface area (Å²) in [6.45, 7) is 6.30. The Bertz CT molecular complexity index is 59.9. The fraction of sp³-hybridized carbons (Fsp3) is 0.857. The van der Waals surface area contributed by atoms with E-state index in [0.717, 1.165) is 12.3 Å². The van der Waals surface area contributed by atoms with E-state index in [4.69, 9.17) is 0 Å². The van der Waals surface area contributed by atoms with Crippen LogP contribution in [0, 0.1) is 12.8 Å². The molecule has 1 saturated heterocycles. The van der Waals surface area contributed by atoms with Crippen LogP contribution < -0.4 is 5.32 Å². The van der Waals surface area contributed by atoms with Crippen molar-refractivity contribution in [1.29, 1.82) is 0 Å². The third kappa shape index (κ3) is 3.35. The van der Waals surface area contributed by atoms with Gasteiger partial charge in [0.25, 0.3) is 0 Å². The summed E-state index contributed by atoms with van der Waals surface area (Å²) in [6.07, 6.45) is 3.80. The van der Waals surface area contributed by atoms with Gasteiger partial charge in [-0.15, -0.1) is 0 Å².